The van der Waals surface area contributed by atoms with Crippen LogP contribution in [0.15, 0.2) is 109 Å². The molecule has 0 amide bonds. The van der Waals surface area contributed by atoms with Crippen LogP contribution in [0, 0.1) is 0 Å². The van der Waals surface area contributed by atoms with Crippen LogP contribution < -0.4 is 5.32 Å². The Morgan fingerprint density at radius 3 is 1.75 bits per heavy atom. The largest absolute Gasteiger partial charge is 0.392 e. The van der Waals surface area contributed by atoms with Gasteiger partial charge < -0.3 is 25.4 Å². The van der Waals surface area contributed by atoms with Crippen molar-refractivity contribution < 1.29 is 20.1 Å². The van der Waals surface area contributed by atoms with Crippen molar-refractivity contribution >= 4 is 23.2 Å². The molecule has 1 aliphatic heterocycles. The summed E-state index contributed by atoms with van der Waals surface area (Å²) in [5, 5.41) is 33.6. The highest BCUT2D eigenvalue weighted by Crippen LogP contribution is 2.30. The number of nitrogens with zero attached hydrogens (tertiary/aromatic N) is 1. The summed E-state index contributed by atoms with van der Waals surface area (Å²) in [5.41, 5.74) is 4.46. The van der Waals surface area contributed by atoms with Gasteiger partial charge in [0.1, 0.15) is 6.10 Å². The van der Waals surface area contributed by atoms with E-state index in [0.29, 0.717) is 37.3 Å². The highest BCUT2D eigenvalue weighted by molar-refractivity contribution is 6.30. The average molecular weight is 640 g/mol. The Morgan fingerprint density at radius 1 is 0.727 bits per heavy atom. The van der Waals surface area contributed by atoms with Crippen molar-refractivity contribution in [3.05, 3.63) is 141 Å². The molecular formula is C36H44Cl2N2O4. The van der Waals surface area contributed by atoms with Gasteiger partial charge in [-0.3, -0.25) is 4.90 Å². The molecule has 0 aliphatic carbocycles. The number of benzene rings is 4. The van der Waals surface area contributed by atoms with Crippen molar-refractivity contribution in [3.63, 3.8) is 0 Å². The first-order valence-corrected chi connectivity index (χ1v) is 15.6. The Balaban J connectivity index is 0.000000201. The Labute approximate surface area is 271 Å². The monoisotopic (exact) mass is 638 g/mol. The van der Waals surface area contributed by atoms with Crippen LogP contribution in [-0.4, -0.2) is 58.7 Å². The molecule has 4 aromatic carbocycles. The highest BCUT2D eigenvalue weighted by atomic mass is 35.5. The average Bonchev–Trinajstić information content (AvgIpc) is 3.85. The minimum absolute atomic E-state index is 0.270. The Hall–Kier alpha value is -2.78. The lowest BCUT2D eigenvalue weighted by Crippen LogP contribution is -2.34. The molecule has 236 valence electrons. The predicted octanol–water partition coefficient (Wildman–Crippen LogP) is 6.82. The van der Waals surface area contributed by atoms with Crippen molar-refractivity contribution in [2.45, 2.75) is 51.4 Å². The third kappa shape index (κ3) is 14.8. The lowest BCUT2D eigenvalue weighted by molar-refractivity contribution is 0.0716. The van der Waals surface area contributed by atoms with E-state index in [9.17, 15) is 10.2 Å². The molecule has 1 heterocycles. The van der Waals surface area contributed by atoms with Gasteiger partial charge in [0.2, 0.25) is 0 Å². The molecule has 4 aromatic rings. The first-order chi connectivity index (χ1) is 21.2. The molecule has 1 aliphatic rings. The minimum Gasteiger partial charge on any atom is -0.392 e. The fourth-order valence-electron chi connectivity index (χ4n) is 4.39. The molecule has 4 atom stereocenters. The van der Waals surface area contributed by atoms with Crippen LogP contribution in [0.1, 0.15) is 48.3 Å². The molecule has 0 bridgehead atoms. The molecule has 8 heteroatoms. The van der Waals surface area contributed by atoms with Gasteiger partial charge >= 0.3 is 0 Å². The molecule has 0 saturated carbocycles. The van der Waals surface area contributed by atoms with Gasteiger partial charge in [-0.2, -0.15) is 0 Å². The lowest BCUT2D eigenvalue weighted by atomic mass is 10.1. The van der Waals surface area contributed by atoms with Crippen LogP contribution in [0.4, 0.5) is 0 Å². The number of nitrogens with one attached hydrogen (secondary N) is 1. The summed E-state index contributed by atoms with van der Waals surface area (Å²) < 4.78 is 5.09. The first kappa shape index (κ1) is 35.7. The van der Waals surface area contributed by atoms with Gasteiger partial charge in [-0.25, -0.2) is 0 Å². The molecule has 1 saturated heterocycles. The van der Waals surface area contributed by atoms with Gasteiger partial charge in [0, 0.05) is 42.8 Å². The molecule has 0 radical (unpaired) electrons. The summed E-state index contributed by atoms with van der Waals surface area (Å²) in [4.78, 5) is 2.05. The zero-order valence-electron chi connectivity index (χ0n) is 25.4. The van der Waals surface area contributed by atoms with E-state index in [1.165, 1.54) is 11.1 Å². The topological polar surface area (TPSA) is 88.5 Å². The Bertz CT molecular complexity index is 1300. The molecule has 4 unspecified atom stereocenters. The Morgan fingerprint density at radius 2 is 1.25 bits per heavy atom. The molecule has 4 N–H and O–H groups in total. The van der Waals surface area contributed by atoms with E-state index in [4.69, 9.17) is 33.0 Å². The van der Waals surface area contributed by atoms with Crippen molar-refractivity contribution in [1.29, 1.82) is 0 Å². The predicted molar refractivity (Wildman–Crippen MR) is 180 cm³/mol. The number of aliphatic hydroxyl groups excluding tert-OH is 3. The van der Waals surface area contributed by atoms with Gasteiger partial charge in [0.05, 0.1) is 24.9 Å². The first-order valence-electron chi connectivity index (χ1n) is 14.9. The van der Waals surface area contributed by atoms with Crippen molar-refractivity contribution in [2.75, 3.05) is 26.2 Å². The second-order valence-corrected chi connectivity index (χ2v) is 11.8. The number of ether oxygens (including phenoxy) is 1. The SMILES string of the molecule is CC(O)CN(Cc1ccccc1)CC(O)c1ccc(Cl)cc1.CC(O)CNCc1ccccc1.Clc1ccc(C2CO2)cc1. The highest BCUT2D eigenvalue weighted by Gasteiger charge is 2.24. The molecule has 0 aromatic heterocycles. The number of aliphatic hydroxyl groups is 3. The van der Waals surface area contributed by atoms with Crippen LogP contribution in [0.2, 0.25) is 10.0 Å². The lowest BCUT2D eigenvalue weighted by Gasteiger charge is -2.26. The maximum Gasteiger partial charge on any atom is 0.106 e. The number of hydrogen-bond acceptors (Lipinski definition) is 6. The summed E-state index contributed by atoms with van der Waals surface area (Å²) in [7, 11) is 0. The minimum atomic E-state index is -0.611. The summed E-state index contributed by atoms with van der Waals surface area (Å²) in [5.74, 6) is 0. The van der Waals surface area contributed by atoms with Gasteiger partial charge in [0.25, 0.3) is 0 Å². The van der Waals surface area contributed by atoms with Gasteiger partial charge in [-0.15, -0.1) is 0 Å². The fraction of sp³-hybridized carbons (Fsp3) is 0.333. The number of rotatable bonds is 12. The van der Waals surface area contributed by atoms with Crippen LogP contribution in [0.5, 0.6) is 0 Å². The van der Waals surface area contributed by atoms with Gasteiger partial charge in [-0.05, 0) is 60.4 Å². The van der Waals surface area contributed by atoms with Crippen LogP contribution >= 0.6 is 23.2 Å². The van der Waals surface area contributed by atoms with Gasteiger partial charge in [-0.1, -0.05) is 108 Å². The van der Waals surface area contributed by atoms with Crippen molar-refractivity contribution in [3.8, 4) is 0 Å². The van der Waals surface area contributed by atoms with E-state index < -0.39 is 12.2 Å². The molecule has 5 rings (SSSR count). The summed E-state index contributed by atoms with van der Waals surface area (Å²) in [6.07, 6.45) is -0.980. The zero-order valence-corrected chi connectivity index (χ0v) is 26.9. The van der Waals surface area contributed by atoms with E-state index in [1.807, 2.05) is 84.9 Å². The van der Waals surface area contributed by atoms with Crippen molar-refractivity contribution in [1.82, 2.24) is 10.2 Å². The van der Waals surface area contributed by atoms with Crippen molar-refractivity contribution in [2.24, 2.45) is 0 Å². The molecule has 44 heavy (non-hydrogen) atoms. The number of halogens is 2. The number of epoxide rings is 1. The van der Waals surface area contributed by atoms with E-state index in [1.54, 1.807) is 26.0 Å². The van der Waals surface area contributed by atoms with Crippen LogP contribution in [0.25, 0.3) is 0 Å². The third-order valence-corrected chi connectivity index (χ3v) is 7.15. The van der Waals surface area contributed by atoms with E-state index in [-0.39, 0.29) is 6.10 Å². The van der Waals surface area contributed by atoms with E-state index in [0.717, 1.165) is 29.3 Å². The number of hydrogen-bond donors (Lipinski definition) is 4. The molecule has 1 fully saturated rings. The molecule has 6 nitrogen and oxygen atoms in total. The maximum atomic E-state index is 10.4. The van der Waals surface area contributed by atoms with Crippen LogP contribution in [0.3, 0.4) is 0 Å². The normalized spacial score (nSPS) is 15.7. The Kier molecular flexibility index (Phi) is 15.9. The third-order valence-electron chi connectivity index (χ3n) is 6.64. The van der Waals surface area contributed by atoms with Gasteiger partial charge in [0.15, 0.2) is 0 Å². The van der Waals surface area contributed by atoms with Crippen LogP contribution in [-0.2, 0) is 17.8 Å². The standard InChI is InChI=1S/C18H22ClNO2.C10H15NO.C8H7ClO/c1-14(21)11-20(12-15-5-3-2-4-6-15)13-18(22)16-7-9-17(19)10-8-16;1-9(12)7-11-8-10-5-3-2-4-6-10;9-7-3-1-6(2-4-7)8-5-10-8/h2-10,14,18,21-22H,11-13H2,1H3;2-6,9,11-12H,7-8H2,1H3;1-4,8H,5H2. The molecular weight excluding hydrogens is 595 g/mol. The smallest absolute Gasteiger partial charge is 0.106 e. The molecule has 0 spiro atoms. The van der Waals surface area contributed by atoms with E-state index in [2.05, 4.69) is 22.3 Å². The summed E-state index contributed by atoms with van der Waals surface area (Å²) in [6, 6.07) is 35.2. The zero-order chi connectivity index (χ0) is 31.7. The van der Waals surface area contributed by atoms with E-state index >= 15 is 0 Å². The maximum absolute atomic E-state index is 10.4. The quantitative estimate of drug-likeness (QED) is 0.127. The second-order valence-electron chi connectivity index (χ2n) is 10.9. The summed E-state index contributed by atoms with van der Waals surface area (Å²) >= 11 is 11.6. The summed E-state index contributed by atoms with van der Waals surface area (Å²) in [6.45, 7) is 7.53. The second kappa shape index (κ2) is 19.6. The fourth-order valence-corrected chi connectivity index (χ4v) is 4.65.